The van der Waals surface area contributed by atoms with Gasteiger partial charge >= 0.3 is 0 Å². The van der Waals surface area contributed by atoms with Gasteiger partial charge in [0.25, 0.3) is 5.91 Å². The Bertz CT molecular complexity index is 1230. The predicted molar refractivity (Wildman–Crippen MR) is 111 cm³/mol. The molecule has 3 aromatic rings. The minimum atomic E-state index is -3.77. The van der Waals surface area contributed by atoms with Gasteiger partial charge in [0.05, 0.1) is 23.4 Å². The summed E-state index contributed by atoms with van der Waals surface area (Å²) in [7, 11) is -2.33. The molecule has 0 radical (unpaired) electrons. The molecule has 0 unspecified atom stereocenters. The van der Waals surface area contributed by atoms with Crippen molar-refractivity contribution in [1.82, 2.24) is 34.6 Å². The second-order valence-corrected chi connectivity index (χ2v) is 9.39. The number of sulfonamides is 1. The van der Waals surface area contributed by atoms with Crippen molar-refractivity contribution >= 4 is 27.5 Å². The Balaban J connectivity index is 1.53. The standard InChI is InChI=1S/C18H20ClN7O5S/c1-11-17(12(2)31-21-11)32(28,29)25-6-4-24(5-7-25)18(27)13-8-14(19)15(9-16(13)30-3)26-10-20-22-23-26/h8-10H,4-7H2,1-3H3. The van der Waals surface area contributed by atoms with Crippen molar-refractivity contribution in [2.75, 3.05) is 33.3 Å². The molecule has 0 bridgehead atoms. The molecule has 0 saturated carbocycles. The van der Waals surface area contributed by atoms with E-state index in [0.717, 1.165) is 0 Å². The van der Waals surface area contributed by atoms with Crippen molar-refractivity contribution in [2.24, 2.45) is 0 Å². The summed E-state index contributed by atoms with van der Waals surface area (Å²) < 4.78 is 39.1. The molecule has 2 aromatic heterocycles. The van der Waals surface area contributed by atoms with E-state index in [9.17, 15) is 13.2 Å². The summed E-state index contributed by atoms with van der Waals surface area (Å²) in [4.78, 5) is 14.8. The zero-order valence-corrected chi connectivity index (χ0v) is 19.1. The van der Waals surface area contributed by atoms with Gasteiger partial charge in [-0.25, -0.2) is 8.42 Å². The van der Waals surface area contributed by atoms with Gasteiger partial charge in [0.1, 0.15) is 22.7 Å². The number of carbonyl (C=O) groups is 1. The highest BCUT2D eigenvalue weighted by atomic mass is 35.5. The molecule has 1 fully saturated rings. The van der Waals surface area contributed by atoms with Crippen molar-refractivity contribution in [2.45, 2.75) is 18.7 Å². The number of aromatic nitrogens is 5. The molecule has 12 nitrogen and oxygen atoms in total. The summed E-state index contributed by atoms with van der Waals surface area (Å²) in [6, 6.07) is 3.07. The van der Waals surface area contributed by atoms with Crippen LogP contribution in [-0.4, -0.2) is 82.2 Å². The fourth-order valence-corrected chi connectivity index (χ4v) is 5.56. The number of halogens is 1. The number of hydrogen-bond acceptors (Lipinski definition) is 9. The van der Waals surface area contributed by atoms with Gasteiger partial charge in [-0.1, -0.05) is 16.8 Å². The van der Waals surface area contributed by atoms with Gasteiger partial charge in [0, 0.05) is 32.2 Å². The van der Waals surface area contributed by atoms with Crippen LogP contribution in [0, 0.1) is 13.8 Å². The summed E-state index contributed by atoms with van der Waals surface area (Å²) in [5, 5.41) is 14.9. The Morgan fingerprint density at radius 2 is 1.91 bits per heavy atom. The number of hydrogen-bond donors (Lipinski definition) is 0. The maximum absolute atomic E-state index is 13.2. The van der Waals surface area contributed by atoms with E-state index in [1.165, 1.54) is 28.5 Å². The van der Waals surface area contributed by atoms with Crippen LogP contribution in [0.25, 0.3) is 5.69 Å². The first-order chi connectivity index (χ1) is 15.2. The molecule has 0 N–H and O–H groups in total. The molecule has 0 aliphatic carbocycles. The van der Waals surface area contributed by atoms with Crippen LogP contribution in [0.2, 0.25) is 5.02 Å². The van der Waals surface area contributed by atoms with Crippen LogP contribution in [0.15, 0.2) is 27.9 Å². The Morgan fingerprint density at radius 1 is 1.19 bits per heavy atom. The lowest BCUT2D eigenvalue weighted by molar-refractivity contribution is 0.0694. The number of amides is 1. The number of nitrogens with zero attached hydrogens (tertiary/aromatic N) is 7. The van der Waals surface area contributed by atoms with Gasteiger partial charge in [-0.15, -0.1) is 5.10 Å². The number of aryl methyl sites for hydroxylation is 2. The average molecular weight is 482 g/mol. The highest BCUT2D eigenvalue weighted by molar-refractivity contribution is 7.89. The largest absolute Gasteiger partial charge is 0.496 e. The van der Waals surface area contributed by atoms with E-state index in [4.69, 9.17) is 20.9 Å². The first-order valence-electron chi connectivity index (χ1n) is 9.57. The SMILES string of the molecule is COc1cc(-n2cnnn2)c(Cl)cc1C(=O)N1CCN(S(=O)(=O)c2c(C)noc2C)CC1. The highest BCUT2D eigenvalue weighted by Crippen LogP contribution is 2.31. The van der Waals surface area contributed by atoms with E-state index in [0.29, 0.717) is 17.1 Å². The number of methoxy groups -OCH3 is 1. The average Bonchev–Trinajstić information content (AvgIpc) is 3.43. The fraction of sp³-hybridized carbons (Fsp3) is 0.389. The number of benzene rings is 1. The Labute approximate surface area is 188 Å². The van der Waals surface area contributed by atoms with Crippen molar-refractivity contribution in [1.29, 1.82) is 0 Å². The number of carbonyl (C=O) groups excluding carboxylic acids is 1. The minimum absolute atomic E-state index is 0.0731. The molecule has 32 heavy (non-hydrogen) atoms. The summed E-state index contributed by atoms with van der Waals surface area (Å²) in [6.45, 7) is 3.82. The van der Waals surface area contributed by atoms with Crippen LogP contribution in [-0.2, 0) is 10.0 Å². The summed E-state index contributed by atoms with van der Waals surface area (Å²) in [5.74, 6) is 0.222. The number of rotatable bonds is 5. The quantitative estimate of drug-likeness (QED) is 0.524. The predicted octanol–water partition coefficient (Wildman–Crippen LogP) is 1.08. The molecule has 1 aromatic carbocycles. The smallest absolute Gasteiger partial charge is 0.257 e. The van der Waals surface area contributed by atoms with Crippen LogP contribution in [0.1, 0.15) is 21.8 Å². The maximum atomic E-state index is 13.2. The normalized spacial score (nSPS) is 15.2. The first kappa shape index (κ1) is 22.2. The number of tetrazole rings is 1. The van der Waals surface area contributed by atoms with Gasteiger partial charge in [0.15, 0.2) is 5.76 Å². The van der Waals surface area contributed by atoms with Gasteiger partial charge in [0.2, 0.25) is 10.0 Å². The van der Waals surface area contributed by atoms with Gasteiger partial charge in [-0.05, 0) is 30.3 Å². The summed E-state index contributed by atoms with van der Waals surface area (Å²) in [5.41, 5.74) is 1.03. The van der Waals surface area contributed by atoms with Crippen molar-refractivity contribution < 1.29 is 22.5 Å². The van der Waals surface area contributed by atoms with Crippen molar-refractivity contribution in [3.63, 3.8) is 0 Å². The second-order valence-electron chi connectivity index (χ2n) is 7.11. The molecule has 0 atom stereocenters. The first-order valence-corrected chi connectivity index (χ1v) is 11.4. The zero-order valence-electron chi connectivity index (χ0n) is 17.5. The topological polar surface area (TPSA) is 137 Å². The van der Waals surface area contributed by atoms with Gasteiger partial charge < -0.3 is 14.2 Å². The van der Waals surface area contributed by atoms with E-state index < -0.39 is 10.0 Å². The molecule has 1 saturated heterocycles. The minimum Gasteiger partial charge on any atom is -0.496 e. The summed E-state index contributed by atoms with van der Waals surface area (Å²) in [6.07, 6.45) is 1.38. The van der Waals surface area contributed by atoms with E-state index in [2.05, 4.69) is 20.7 Å². The molecule has 3 heterocycles. The third-order valence-corrected chi connectivity index (χ3v) is 7.63. The monoisotopic (exact) mass is 481 g/mol. The van der Waals surface area contributed by atoms with E-state index in [1.54, 1.807) is 24.8 Å². The fourth-order valence-electron chi connectivity index (χ4n) is 3.60. The van der Waals surface area contributed by atoms with E-state index in [-0.39, 0.29) is 53.3 Å². The van der Waals surface area contributed by atoms with Crippen LogP contribution < -0.4 is 4.74 Å². The molecular weight excluding hydrogens is 462 g/mol. The van der Waals surface area contributed by atoms with Crippen LogP contribution in [0.5, 0.6) is 5.75 Å². The number of piperazine rings is 1. The Morgan fingerprint density at radius 3 is 2.47 bits per heavy atom. The number of ether oxygens (including phenoxy) is 1. The second kappa shape index (κ2) is 8.48. The zero-order chi connectivity index (χ0) is 23.0. The lowest BCUT2D eigenvalue weighted by atomic mass is 10.1. The molecule has 170 valence electrons. The Hall–Kier alpha value is -3.03. The van der Waals surface area contributed by atoms with Crippen LogP contribution in [0.3, 0.4) is 0 Å². The van der Waals surface area contributed by atoms with E-state index in [1.807, 2.05) is 0 Å². The molecule has 1 aliphatic rings. The van der Waals surface area contributed by atoms with Gasteiger partial charge in [-0.3, -0.25) is 4.79 Å². The summed E-state index contributed by atoms with van der Waals surface area (Å²) >= 11 is 6.36. The Kier molecular flexibility index (Phi) is 5.88. The highest BCUT2D eigenvalue weighted by Gasteiger charge is 2.35. The lowest BCUT2D eigenvalue weighted by Crippen LogP contribution is -2.50. The third-order valence-electron chi connectivity index (χ3n) is 5.19. The molecular formula is C18H20ClN7O5S. The molecule has 1 amide bonds. The van der Waals surface area contributed by atoms with Gasteiger partial charge in [-0.2, -0.15) is 8.99 Å². The maximum Gasteiger partial charge on any atom is 0.257 e. The van der Waals surface area contributed by atoms with Crippen LogP contribution >= 0.6 is 11.6 Å². The lowest BCUT2D eigenvalue weighted by Gasteiger charge is -2.34. The molecule has 4 rings (SSSR count). The molecule has 14 heteroatoms. The molecule has 1 aliphatic heterocycles. The van der Waals surface area contributed by atoms with E-state index >= 15 is 0 Å². The van der Waals surface area contributed by atoms with Crippen molar-refractivity contribution in [3.05, 3.63) is 40.5 Å². The van der Waals surface area contributed by atoms with Crippen molar-refractivity contribution in [3.8, 4) is 11.4 Å². The van der Waals surface area contributed by atoms with Crippen LogP contribution in [0.4, 0.5) is 0 Å². The molecule has 0 spiro atoms. The third kappa shape index (κ3) is 3.82.